The van der Waals surface area contributed by atoms with Crippen molar-refractivity contribution in [2.24, 2.45) is 0 Å². The molecule has 0 fully saturated rings. The predicted octanol–water partition coefficient (Wildman–Crippen LogP) is 4.29. The first kappa shape index (κ1) is 24.6. The number of nitrogens with zero attached hydrogens (tertiary/aromatic N) is 4. The fourth-order valence-corrected chi connectivity index (χ4v) is 1.18. The Labute approximate surface area is 140 Å². The van der Waals surface area contributed by atoms with E-state index in [1.165, 1.54) is 12.4 Å². The summed E-state index contributed by atoms with van der Waals surface area (Å²) in [7, 11) is 0. The first-order chi connectivity index (χ1) is 8.40. The first-order valence-electron chi connectivity index (χ1n) is 4.58. The third kappa shape index (κ3) is 8.49. The second kappa shape index (κ2) is 11.3. The molecule has 4 N–H and O–H groups in total. The van der Waals surface area contributed by atoms with Crippen molar-refractivity contribution in [3.05, 3.63) is 33.5 Å². The molecule has 0 unspecified atom stereocenters. The van der Waals surface area contributed by atoms with E-state index in [1.54, 1.807) is 6.92 Å². The molecule has 0 aliphatic carbocycles. The highest BCUT2D eigenvalue weighted by atomic mass is 35.5. The molecule has 9 heteroatoms. The van der Waals surface area contributed by atoms with Crippen LogP contribution in [0.15, 0.2) is 12.4 Å². The standard InChI is InChI=1S/C5H6ClN3.C4H3Cl2N3.3CH4/c1-3-5(7)9-4(6)2-8-3;5-2-1-8-3(6)4(7)9-2;;;/h2H,1H3,(H2,7,9);1H,(H2,7,9);3*1H4. The summed E-state index contributed by atoms with van der Waals surface area (Å²) in [4.78, 5) is 14.9. The Bertz CT molecular complexity index is 501. The summed E-state index contributed by atoms with van der Waals surface area (Å²) >= 11 is 16.3. The van der Waals surface area contributed by atoms with Gasteiger partial charge in [0.15, 0.2) is 11.0 Å². The highest BCUT2D eigenvalue weighted by Crippen LogP contribution is 2.13. The molecule has 0 spiro atoms. The van der Waals surface area contributed by atoms with Crippen molar-refractivity contribution in [1.29, 1.82) is 0 Å². The van der Waals surface area contributed by atoms with Crippen LogP contribution in [0.25, 0.3) is 0 Å². The summed E-state index contributed by atoms with van der Waals surface area (Å²) in [6, 6.07) is 0. The zero-order valence-corrected chi connectivity index (χ0v) is 11.5. The highest BCUT2D eigenvalue weighted by Gasteiger charge is 1.97. The van der Waals surface area contributed by atoms with Gasteiger partial charge in [0.25, 0.3) is 0 Å². The van der Waals surface area contributed by atoms with Crippen molar-refractivity contribution in [2.75, 3.05) is 11.5 Å². The lowest BCUT2D eigenvalue weighted by atomic mass is 10.5. The molecule has 0 radical (unpaired) electrons. The van der Waals surface area contributed by atoms with E-state index in [0.717, 1.165) is 0 Å². The van der Waals surface area contributed by atoms with E-state index < -0.39 is 0 Å². The lowest BCUT2D eigenvalue weighted by Crippen LogP contribution is -1.95. The molecule has 2 rings (SSSR count). The Morgan fingerprint density at radius 2 is 1.24 bits per heavy atom. The highest BCUT2D eigenvalue weighted by molar-refractivity contribution is 6.32. The van der Waals surface area contributed by atoms with E-state index >= 15 is 0 Å². The minimum Gasteiger partial charge on any atom is -0.382 e. The third-order valence-corrected chi connectivity index (χ3v) is 2.34. The number of hydrogen-bond donors (Lipinski definition) is 2. The van der Waals surface area contributed by atoms with E-state index in [2.05, 4.69) is 19.9 Å². The van der Waals surface area contributed by atoms with Gasteiger partial charge in [0, 0.05) is 0 Å². The van der Waals surface area contributed by atoms with Gasteiger partial charge >= 0.3 is 0 Å². The molecule has 0 saturated heterocycles. The Kier molecular flexibility index (Phi) is 13.3. The van der Waals surface area contributed by atoms with Gasteiger partial charge in [-0.15, -0.1) is 0 Å². The summed E-state index contributed by atoms with van der Waals surface area (Å²) in [6.07, 6.45) is 2.80. The number of hydrogen-bond acceptors (Lipinski definition) is 6. The number of aryl methyl sites for hydroxylation is 1. The van der Waals surface area contributed by atoms with Crippen LogP contribution in [0.5, 0.6) is 0 Å². The summed E-state index contributed by atoms with van der Waals surface area (Å²) in [6.45, 7) is 1.78. The number of aromatic nitrogens is 4. The molecule has 0 saturated carbocycles. The zero-order valence-electron chi connectivity index (χ0n) is 9.23. The van der Waals surface area contributed by atoms with Crippen LogP contribution in [0.4, 0.5) is 11.6 Å². The number of halogens is 3. The molecule has 21 heavy (non-hydrogen) atoms. The normalized spacial score (nSPS) is 8.19. The van der Waals surface area contributed by atoms with Crippen molar-refractivity contribution in [3.8, 4) is 0 Å². The van der Waals surface area contributed by atoms with E-state index in [9.17, 15) is 0 Å². The maximum atomic E-state index is 5.46. The van der Waals surface area contributed by atoms with Crippen molar-refractivity contribution in [2.45, 2.75) is 29.2 Å². The van der Waals surface area contributed by atoms with E-state index in [1.807, 2.05) is 0 Å². The maximum Gasteiger partial charge on any atom is 0.171 e. The number of nitrogen functional groups attached to an aromatic ring is 2. The SMILES string of the molecule is C.C.C.Cc1ncc(Cl)nc1N.Nc1nc(Cl)cnc1Cl. The fourth-order valence-electron chi connectivity index (χ4n) is 0.807. The van der Waals surface area contributed by atoms with E-state index in [0.29, 0.717) is 16.7 Å². The summed E-state index contributed by atoms with van der Waals surface area (Å²) in [5, 5.41) is 0.759. The molecular weight excluding hydrogens is 335 g/mol. The predicted molar refractivity (Wildman–Crippen MR) is 92.8 cm³/mol. The van der Waals surface area contributed by atoms with Crippen LogP contribution in [-0.2, 0) is 0 Å². The Morgan fingerprint density at radius 3 is 1.57 bits per heavy atom. The van der Waals surface area contributed by atoms with Crippen LogP contribution in [0.3, 0.4) is 0 Å². The molecule has 0 aromatic carbocycles. The first-order valence-corrected chi connectivity index (χ1v) is 5.71. The molecule has 0 amide bonds. The topological polar surface area (TPSA) is 104 Å². The van der Waals surface area contributed by atoms with Crippen LogP contribution < -0.4 is 11.5 Å². The Morgan fingerprint density at radius 1 is 0.810 bits per heavy atom. The maximum absolute atomic E-state index is 5.46. The minimum atomic E-state index is 0. The van der Waals surface area contributed by atoms with Gasteiger partial charge in [-0.05, 0) is 6.92 Å². The molecule has 2 aromatic heterocycles. The molecule has 0 aliphatic heterocycles. The lowest BCUT2D eigenvalue weighted by molar-refractivity contribution is 1.13. The monoisotopic (exact) mass is 354 g/mol. The zero-order chi connectivity index (χ0) is 13.7. The van der Waals surface area contributed by atoms with Crippen LogP contribution in [-0.4, -0.2) is 19.9 Å². The molecule has 0 aliphatic rings. The van der Waals surface area contributed by atoms with Crippen LogP contribution in [0.2, 0.25) is 15.5 Å². The molecular formula is C12H21Cl3N6. The average molecular weight is 356 g/mol. The molecule has 0 atom stereocenters. The second-order valence-corrected chi connectivity index (χ2v) is 4.16. The Balaban J connectivity index is -0.000000270. The van der Waals surface area contributed by atoms with Crippen molar-refractivity contribution < 1.29 is 0 Å². The van der Waals surface area contributed by atoms with Crippen LogP contribution in [0.1, 0.15) is 28.0 Å². The smallest absolute Gasteiger partial charge is 0.171 e. The quantitative estimate of drug-likeness (QED) is 0.730. The van der Waals surface area contributed by atoms with Gasteiger partial charge in [0.05, 0.1) is 18.1 Å². The largest absolute Gasteiger partial charge is 0.382 e. The number of nitrogens with two attached hydrogens (primary N) is 2. The van der Waals surface area contributed by atoms with Gasteiger partial charge in [-0.25, -0.2) is 15.0 Å². The molecule has 120 valence electrons. The number of rotatable bonds is 0. The van der Waals surface area contributed by atoms with Gasteiger partial charge in [0.1, 0.15) is 16.1 Å². The van der Waals surface area contributed by atoms with E-state index in [4.69, 9.17) is 46.3 Å². The molecule has 2 heterocycles. The van der Waals surface area contributed by atoms with Crippen molar-refractivity contribution >= 4 is 46.4 Å². The average Bonchev–Trinajstić information content (AvgIpc) is 2.30. The van der Waals surface area contributed by atoms with Gasteiger partial charge in [-0.2, -0.15) is 0 Å². The number of anilines is 2. The molecule has 2 aromatic rings. The molecule has 6 nitrogen and oxygen atoms in total. The van der Waals surface area contributed by atoms with Gasteiger partial charge in [-0.1, -0.05) is 57.1 Å². The fraction of sp³-hybridized carbons (Fsp3) is 0.333. The van der Waals surface area contributed by atoms with Crippen molar-refractivity contribution in [3.63, 3.8) is 0 Å². The van der Waals surface area contributed by atoms with Gasteiger partial charge in [0.2, 0.25) is 0 Å². The summed E-state index contributed by atoms with van der Waals surface area (Å²) in [5.41, 5.74) is 11.3. The summed E-state index contributed by atoms with van der Waals surface area (Å²) < 4.78 is 0. The van der Waals surface area contributed by atoms with Gasteiger partial charge < -0.3 is 11.5 Å². The third-order valence-electron chi connectivity index (χ3n) is 1.69. The van der Waals surface area contributed by atoms with Gasteiger partial charge in [-0.3, -0.25) is 4.98 Å². The van der Waals surface area contributed by atoms with Crippen molar-refractivity contribution in [1.82, 2.24) is 19.9 Å². The summed E-state index contributed by atoms with van der Waals surface area (Å²) in [5.74, 6) is 0.548. The second-order valence-electron chi connectivity index (χ2n) is 3.03. The lowest BCUT2D eigenvalue weighted by Gasteiger charge is -1.94. The minimum absolute atomic E-state index is 0. The Hall–Kier alpha value is -1.37. The van der Waals surface area contributed by atoms with Crippen LogP contribution in [0, 0.1) is 6.92 Å². The van der Waals surface area contributed by atoms with E-state index in [-0.39, 0.29) is 38.4 Å². The molecule has 0 bridgehead atoms. The van der Waals surface area contributed by atoms with Crippen LogP contribution >= 0.6 is 34.8 Å².